The summed E-state index contributed by atoms with van der Waals surface area (Å²) in [7, 11) is 0. The van der Waals surface area contributed by atoms with Gasteiger partial charge in [-0.05, 0) is 18.6 Å². The van der Waals surface area contributed by atoms with E-state index >= 15 is 0 Å². The summed E-state index contributed by atoms with van der Waals surface area (Å²) in [6.07, 6.45) is 2.13. The van der Waals surface area contributed by atoms with Gasteiger partial charge in [-0.25, -0.2) is 0 Å². The van der Waals surface area contributed by atoms with Crippen LogP contribution in [0.15, 0.2) is 0 Å². The molecule has 0 radical (unpaired) electrons. The van der Waals surface area contributed by atoms with Crippen molar-refractivity contribution in [2.45, 2.75) is 24.5 Å². The first-order valence-electron chi connectivity index (χ1n) is 3.24. The van der Waals surface area contributed by atoms with Gasteiger partial charge in [-0.3, -0.25) is 4.79 Å². The monoisotopic (exact) mass is 179 g/mol. The van der Waals surface area contributed by atoms with Gasteiger partial charge in [0, 0.05) is 11.7 Å². The molecule has 0 heterocycles. The van der Waals surface area contributed by atoms with E-state index in [1.165, 1.54) is 0 Å². The first-order chi connectivity index (χ1) is 4.66. The van der Waals surface area contributed by atoms with E-state index in [-0.39, 0.29) is 11.2 Å². The van der Waals surface area contributed by atoms with E-state index in [1.54, 1.807) is 0 Å². The molecule has 2 N–H and O–H groups in total. The third-order valence-corrected chi connectivity index (χ3v) is 1.96. The normalized spacial score (nSPS) is 13.0. The summed E-state index contributed by atoms with van der Waals surface area (Å²) in [5.41, 5.74) is 4.94. The highest BCUT2D eigenvalue weighted by Gasteiger charge is 2.02. The molecule has 1 amide bonds. The molecule has 0 bridgehead atoms. The second kappa shape index (κ2) is 5.92. The summed E-state index contributed by atoms with van der Waals surface area (Å²) in [6.45, 7) is 0. The predicted molar refractivity (Wildman–Crippen MR) is 49.7 cm³/mol. The molecule has 0 aliphatic heterocycles. The maximum Gasteiger partial charge on any atom is 0.217 e. The zero-order chi connectivity index (χ0) is 7.98. The smallest absolute Gasteiger partial charge is 0.217 e. The average Bonchev–Trinajstić information content (AvgIpc) is 1.85. The van der Waals surface area contributed by atoms with Crippen molar-refractivity contribution in [3.05, 3.63) is 0 Å². The van der Waals surface area contributed by atoms with Crippen molar-refractivity contribution in [2.75, 3.05) is 5.75 Å². The highest BCUT2D eigenvalue weighted by molar-refractivity contribution is 7.81. The number of primary amides is 1. The summed E-state index contributed by atoms with van der Waals surface area (Å²) in [5, 5.41) is 0.269. The van der Waals surface area contributed by atoms with E-state index < -0.39 is 0 Å². The maximum atomic E-state index is 10.3. The Kier molecular flexibility index (Phi) is 6.02. The lowest BCUT2D eigenvalue weighted by Crippen LogP contribution is -2.13. The maximum absolute atomic E-state index is 10.3. The molecule has 0 aliphatic carbocycles. The first-order valence-corrected chi connectivity index (χ1v) is 4.39. The van der Waals surface area contributed by atoms with Gasteiger partial charge < -0.3 is 5.73 Å². The van der Waals surface area contributed by atoms with Crippen molar-refractivity contribution in [3.8, 4) is 0 Å². The standard InChI is InChI=1S/C6H13NOS2/c7-6(8)2-1-5(10)3-4-9/h5,9-10H,1-4H2,(H2,7,8). The van der Waals surface area contributed by atoms with Crippen molar-refractivity contribution in [1.29, 1.82) is 0 Å². The Labute approximate surface area is 72.4 Å². The van der Waals surface area contributed by atoms with Crippen LogP contribution in [0.3, 0.4) is 0 Å². The van der Waals surface area contributed by atoms with Crippen LogP contribution in [0.1, 0.15) is 19.3 Å². The number of nitrogens with two attached hydrogens (primary N) is 1. The summed E-state index contributed by atoms with van der Waals surface area (Å²) in [5.74, 6) is 0.561. The Hall–Kier alpha value is 0.170. The van der Waals surface area contributed by atoms with Crippen LogP contribution in [0.5, 0.6) is 0 Å². The topological polar surface area (TPSA) is 43.1 Å². The van der Waals surface area contributed by atoms with E-state index in [0.29, 0.717) is 6.42 Å². The molecule has 0 aromatic carbocycles. The van der Waals surface area contributed by atoms with Crippen LogP contribution in [0, 0.1) is 0 Å². The molecule has 10 heavy (non-hydrogen) atoms. The summed E-state index contributed by atoms with van der Waals surface area (Å²) >= 11 is 8.27. The molecule has 0 aromatic rings. The van der Waals surface area contributed by atoms with Crippen molar-refractivity contribution < 1.29 is 4.79 Å². The van der Waals surface area contributed by atoms with Gasteiger partial charge in [0.15, 0.2) is 0 Å². The summed E-state index contributed by atoms with van der Waals surface area (Å²) in [4.78, 5) is 10.3. The van der Waals surface area contributed by atoms with Crippen molar-refractivity contribution in [1.82, 2.24) is 0 Å². The third kappa shape index (κ3) is 6.29. The van der Waals surface area contributed by atoms with E-state index in [0.717, 1.165) is 18.6 Å². The molecule has 4 heteroatoms. The van der Waals surface area contributed by atoms with E-state index in [9.17, 15) is 4.79 Å². The molecule has 2 nitrogen and oxygen atoms in total. The minimum atomic E-state index is -0.252. The van der Waals surface area contributed by atoms with Gasteiger partial charge in [0.1, 0.15) is 0 Å². The summed E-state index contributed by atoms with van der Waals surface area (Å²) in [6, 6.07) is 0. The zero-order valence-corrected chi connectivity index (χ0v) is 7.57. The second-order valence-corrected chi connectivity index (χ2v) is 3.35. The lowest BCUT2D eigenvalue weighted by Gasteiger charge is -2.05. The van der Waals surface area contributed by atoms with Crippen LogP contribution >= 0.6 is 25.3 Å². The minimum Gasteiger partial charge on any atom is -0.370 e. The Balaban J connectivity index is 3.21. The predicted octanol–water partition coefficient (Wildman–Crippen LogP) is 0.870. The fourth-order valence-electron chi connectivity index (χ4n) is 0.602. The Morgan fingerprint density at radius 1 is 1.50 bits per heavy atom. The molecule has 1 atom stereocenters. The molecule has 0 aliphatic rings. The van der Waals surface area contributed by atoms with Crippen LogP contribution in [-0.4, -0.2) is 16.9 Å². The molecule has 0 saturated carbocycles. The third-order valence-electron chi connectivity index (χ3n) is 1.19. The molecule has 0 saturated heterocycles. The lowest BCUT2D eigenvalue weighted by atomic mass is 10.2. The SMILES string of the molecule is NC(=O)CCC(S)CCS. The molecule has 1 unspecified atom stereocenters. The number of thiol groups is 2. The van der Waals surface area contributed by atoms with Gasteiger partial charge in [0.2, 0.25) is 5.91 Å². The van der Waals surface area contributed by atoms with E-state index in [1.807, 2.05) is 0 Å². The van der Waals surface area contributed by atoms with E-state index in [2.05, 4.69) is 25.3 Å². The van der Waals surface area contributed by atoms with Gasteiger partial charge >= 0.3 is 0 Å². The van der Waals surface area contributed by atoms with Crippen LogP contribution in [-0.2, 0) is 4.79 Å². The largest absolute Gasteiger partial charge is 0.370 e. The van der Waals surface area contributed by atoms with Crippen LogP contribution in [0.25, 0.3) is 0 Å². The highest BCUT2D eigenvalue weighted by atomic mass is 32.1. The quantitative estimate of drug-likeness (QED) is 0.539. The van der Waals surface area contributed by atoms with Gasteiger partial charge in [-0.2, -0.15) is 25.3 Å². The Morgan fingerprint density at radius 2 is 2.10 bits per heavy atom. The average molecular weight is 179 g/mol. The molecular formula is C6H13NOS2. The number of hydrogen-bond donors (Lipinski definition) is 3. The van der Waals surface area contributed by atoms with Crippen LogP contribution in [0.4, 0.5) is 0 Å². The van der Waals surface area contributed by atoms with Gasteiger partial charge in [0.05, 0.1) is 0 Å². The Bertz CT molecular complexity index is 108. The number of amides is 1. The molecule has 0 aromatic heterocycles. The zero-order valence-electron chi connectivity index (χ0n) is 5.79. The number of hydrogen-bond acceptors (Lipinski definition) is 3. The second-order valence-electron chi connectivity index (χ2n) is 2.17. The number of rotatable bonds is 5. The molecule has 0 spiro atoms. The van der Waals surface area contributed by atoms with Gasteiger partial charge in [-0.15, -0.1) is 0 Å². The highest BCUT2D eigenvalue weighted by Crippen LogP contribution is 2.09. The van der Waals surface area contributed by atoms with Crippen molar-refractivity contribution in [3.63, 3.8) is 0 Å². The van der Waals surface area contributed by atoms with Crippen molar-refractivity contribution in [2.24, 2.45) is 5.73 Å². The molecular weight excluding hydrogens is 166 g/mol. The minimum absolute atomic E-state index is 0.252. The van der Waals surface area contributed by atoms with Gasteiger partial charge in [0.25, 0.3) is 0 Å². The fraction of sp³-hybridized carbons (Fsp3) is 0.833. The van der Waals surface area contributed by atoms with E-state index in [4.69, 9.17) is 5.73 Å². The molecule has 0 rings (SSSR count). The number of carbonyl (C=O) groups is 1. The lowest BCUT2D eigenvalue weighted by molar-refractivity contribution is -0.118. The summed E-state index contributed by atoms with van der Waals surface area (Å²) < 4.78 is 0. The van der Waals surface area contributed by atoms with Crippen molar-refractivity contribution >= 4 is 31.2 Å². The van der Waals surface area contributed by atoms with Crippen LogP contribution < -0.4 is 5.73 Å². The Morgan fingerprint density at radius 3 is 2.50 bits per heavy atom. The van der Waals surface area contributed by atoms with Crippen LogP contribution in [0.2, 0.25) is 0 Å². The molecule has 0 fully saturated rings. The first kappa shape index (κ1) is 10.2. The fourth-order valence-corrected chi connectivity index (χ4v) is 1.38. The van der Waals surface area contributed by atoms with Gasteiger partial charge in [-0.1, -0.05) is 0 Å². The molecule has 60 valence electrons. The number of carbonyl (C=O) groups excluding carboxylic acids is 1.